The molecule has 1 aliphatic heterocycles. The van der Waals surface area contributed by atoms with Crippen molar-refractivity contribution in [1.29, 1.82) is 0 Å². The SMILES string of the molecule is Cc1cccc(NS(=O)(=O)c2ccc(C(=O)OC(C)C(=O)N3CCc4ccccc43)cc2)c1C. The van der Waals surface area contributed by atoms with E-state index < -0.39 is 22.1 Å². The number of anilines is 2. The van der Waals surface area contributed by atoms with Crippen molar-refractivity contribution in [1.82, 2.24) is 0 Å². The van der Waals surface area contributed by atoms with E-state index in [0.29, 0.717) is 12.2 Å². The van der Waals surface area contributed by atoms with Gasteiger partial charge in [-0.15, -0.1) is 0 Å². The van der Waals surface area contributed by atoms with Crippen LogP contribution in [0.3, 0.4) is 0 Å². The number of rotatable bonds is 6. The summed E-state index contributed by atoms with van der Waals surface area (Å²) in [7, 11) is -3.83. The van der Waals surface area contributed by atoms with Gasteiger partial charge in [0, 0.05) is 12.2 Å². The Bertz CT molecular complexity index is 1350. The molecule has 0 saturated heterocycles. The molecule has 1 amide bonds. The van der Waals surface area contributed by atoms with Gasteiger partial charge in [0.05, 0.1) is 16.1 Å². The highest BCUT2D eigenvalue weighted by Crippen LogP contribution is 2.28. The molecule has 0 saturated carbocycles. The number of hydrogen-bond acceptors (Lipinski definition) is 5. The molecule has 0 radical (unpaired) electrons. The number of benzene rings is 3. The second kappa shape index (κ2) is 9.30. The first-order valence-electron chi connectivity index (χ1n) is 11.0. The molecule has 1 unspecified atom stereocenters. The van der Waals surface area contributed by atoms with Gasteiger partial charge in [0.15, 0.2) is 6.10 Å². The standard InChI is InChI=1S/C26H26N2O5S/c1-17-7-6-9-23(18(17)2)27-34(31,32)22-13-11-21(12-14-22)26(30)33-19(3)25(29)28-16-15-20-8-4-5-10-24(20)28/h4-14,19,27H,15-16H2,1-3H3. The summed E-state index contributed by atoms with van der Waals surface area (Å²) in [6.45, 7) is 5.82. The first-order chi connectivity index (χ1) is 16.2. The molecule has 1 atom stereocenters. The number of amides is 1. The summed E-state index contributed by atoms with van der Waals surface area (Å²) in [5.74, 6) is -0.991. The lowest BCUT2D eigenvalue weighted by Gasteiger charge is -2.21. The Kier molecular flexibility index (Phi) is 6.43. The van der Waals surface area contributed by atoms with Crippen molar-refractivity contribution in [2.45, 2.75) is 38.2 Å². The Labute approximate surface area is 199 Å². The fraction of sp³-hybridized carbons (Fsp3) is 0.231. The molecule has 0 aliphatic carbocycles. The number of nitrogens with one attached hydrogen (secondary N) is 1. The molecular formula is C26H26N2O5S. The van der Waals surface area contributed by atoms with Crippen LogP contribution in [-0.4, -0.2) is 32.9 Å². The minimum Gasteiger partial charge on any atom is -0.449 e. The zero-order valence-electron chi connectivity index (χ0n) is 19.2. The molecule has 3 aromatic rings. The van der Waals surface area contributed by atoms with Crippen LogP contribution < -0.4 is 9.62 Å². The Morgan fingerprint density at radius 1 is 0.971 bits per heavy atom. The molecule has 3 aromatic carbocycles. The fourth-order valence-electron chi connectivity index (χ4n) is 3.90. The van der Waals surface area contributed by atoms with E-state index in [1.54, 1.807) is 17.0 Å². The molecule has 1 N–H and O–H groups in total. The minimum absolute atomic E-state index is 0.0164. The summed E-state index contributed by atoms with van der Waals surface area (Å²) >= 11 is 0. The number of aryl methyl sites for hydroxylation is 1. The molecule has 0 bridgehead atoms. The van der Waals surface area contributed by atoms with Crippen molar-refractivity contribution in [2.75, 3.05) is 16.2 Å². The fourth-order valence-corrected chi connectivity index (χ4v) is 5.02. The third-order valence-corrected chi connectivity index (χ3v) is 7.42. The van der Waals surface area contributed by atoms with E-state index in [0.717, 1.165) is 28.8 Å². The average Bonchev–Trinajstić information content (AvgIpc) is 3.25. The second-order valence-corrected chi connectivity index (χ2v) is 9.98. The van der Waals surface area contributed by atoms with Gasteiger partial charge >= 0.3 is 5.97 Å². The van der Waals surface area contributed by atoms with E-state index in [9.17, 15) is 18.0 Å². The van der Waals surface area contributed by atoms with Crippen LogP contribution in [0.25, 0.3) is 0 Å². The molecule has 1 heterocycles. The Morgan fingerprint density at radius 3 is 2.41 bits per heavy atom. The maximum atomic E-state index is 12.8. The van der Waals surface area contributed by atoms with Crippen LogP contribution in [0.2, 0.25) is 0 Å². The molecule has 0 aromatic heterocycles. The van der Waals surface area contributed by atoms with E-state index in [4.69, 9.17) is 4.74 Å². The third kappa shape index (κ3) is 4.68. The summed E-state index contributed by atoms with van der Waals surface area (Å²) in [6.07, 6.45) is -0.220. The van der Waals surface area contributed by atoms with Crippen LogP contribution in [0.5, 0.6) is 0 Å². The summed E-state index contributed by atoms with van der Waals surface area (Å²) in [6, 6.07) is 18.5. The lowest BCUT2D eigenvalue weighted by atomic mass is 10.1. The number of sulfonamides is 1. The maximum absolute atomic E-state index is 12.8. The smallest absolute Gasteiger partial charge is 0.338 e. The number of esters is 1. The maximum Gasteiger partial charge on any atom is 0.338 e. The van der Waals surface area contributed by atoms with Gasteiger partial charge in [-0.2, -0.15) is 0 Å². The summed E-state index contributed by atoms with van der Waals surface area (Å²) in [4.78, 5) is 27.1. The molecule has 34 heavy (non-hydrogen) atoms. The van der Waals surface area contributed by atoms with Crippen LogP contribution in [0.15, 0.2) is 71.6 Å². The third-order valence-electron chi connectivity index (χ3n) is 6.03. The number of nitrogens with zero attached hydrogens (tertiary/aromatic N) is 1. The largest absolute Gasteiger partial charge is 0.449 e. The molecule has 0 fully saturated rings. The van der Waals surface area contributed by atoms with Gasteiger partial charge in [0.1, 0.15) is 0 Å². The number of carbonyl (C=O) groups is 2. The topological polar surface area (TPSA) is 92.8 Å². The molecule has 8 heteroatoms. The van der Waals surface area contributed by atoms with Crippen LogP contribution >= 0.6 is 0 Å². The normalized spacial score (nSPS) is 13.8. The van der Waals surface area contributed by atoms with Crippen molar-refractivity contribution in [2.24, 2.45) is 0 Å². The first kappa shape index (κ1) is 23.5. The molecule has 1 aliphatic rings. The van der Waals surface area contributed by atoms with E-state index in [2.05, 4.69) is 4.72 Å². The number of carbonyl (C=O) groups excluding carboxylic acids is 2. The van der Waals surface area contributed by atoms with E-state index in [-0.39, 0.29) is 16.4 Å². The zero-order valence-corrected chi connectivity index (χ0v) is 20.1. The second-order valence-electron chi connectivity index (χ2n) is 8.29. The van der Waals surface area contributed by atoms with Gasteiger partial charge in [0.2, 0.25) is 0 Å². The number of fused-ring (bicyclic) bond motifs is 1. The van der Waals surface area contributed by atoms with Gasteiger partial charge < -0.3 is 9.64 Å². The van der Waals surface area contributed by atoms with E-state index >= 15 is 0 Å². The predicted octanol–water partition coefficient (Wildman–Crippen LogP) is 4.24. The molecule has 4 rings (SSSR count). The van der Waals surface area contributed by atoms with Gasteiger partial charge in [-0.1, -0.05) is 30.3 Å². The Hall–Kier alpha value is -3.65. The van der Waals surface area contributed by atoms with Crippen molar-refractivity contribution >= 4 is 33.3 Å². The minimum atomic E-state index is -3.83. The van der Waals surface area contributed by atoms with E-state index in [1.807, 2.05) is 44.2 Å². The number of hydrogen-bond donors (Lipinski definition) is 1. The highest BCUT2D eigenvalue weighted by molar-refractivity contribution is 7.92. The van der Waals surface area contributed by atoms with Crippen molar-refractivity contribution < 1.29 is 22.7 Å². The van der Waals surface area contributed by atoms with Crippen molar-refractivity contribution in [3.8, 4) is 0 Å². The van der Waals surface area contributed by atoms with Crippen LogP contribution in [0.1, 0.15) is 34.0 Å². The number of ether oxygens (including phenoxy) is 1. The lowest BCUT2D eigenvalue weighted by Crippen LogP contribution is -2.39. The van der Waals surface area contributed by atoms with Gasteiger partial charge in [0.25, 0.3) is 15.9 Å². The number of para-hydroxylation sites is 1. The average molecular weight is 479 g/mol. The molecule has 0 spiro atoms. The van der Waals surface area contributed by atoms with Crippen LogP contribution in [0.4, 0.5) is 11.4 Å². The molecule has 7 nitrogen and oxygen atoms in total. The van der Waals surface area contributed by atoms with Crippen LogP contribution in [0, 0.1) is 13.8 Å². The lowest BCUT2D eigenvalue weighted by molar-refractivity contribution is -0.126. The molecular weight excluding hydrogens is 452 g/mol. The molecule has 176 valence electrons. The highest BCUT2D eigenvalue weighted by Gasteiger charge is 2.30. The first-order valence-corrected chi connectivity index (χ1v) is 12.4. The quantitative estimate of drug-likeness (QED) is 0.535. The van der Waals surface area contributed by atoms with Crippen molar-refractivity contribution in [3.63, 3.8) is 0 Å². The Morgan fingerprint density at radius 2 is 1.68 bits per heavy atom. The highest BCUT2D eigenvalue weighted by atomic mass is 32.2. The van der Waals surface area contributed by atoms with Crippen LogP contribution in [-0.2, 0) is 26.0 Å². The summed E-state index contributed by atoms with van der Waals surface area (Å²) in [5.41, 5.74) is 4.39. The van der Waals surface area contributed by atoms with Gasteiger partial charge in [-0.25, -0.2) is 13.2 Å². The van der Waals surface area contributed by atoms with Gasteiger partial charge in [-0.3, -0.25) is 9.52 Å². The van der Waals surface area contributed by atoms with Gasteiger partial charge in [-0.05, 0) is 80.3 Å². The zero-order chi connectivity index (χ0) is 24.5. The predicted molar refractivity (Wildman–Crippen MR) is 131 cm³/mol. The van der Waals surface area contributed by atoms with Crippen molar-refractivity contribution in [3.05, 3.63) is 89.0 Å². The summed E-state index contributed by atoms with van der Waals surface area (Å²) < 4.78 is 33.5. The monoisotopic (exact) mass is 478 g/mol. The summed E-state index contributed by atoms with van der Waals surface area (Å²) in [5, 5.41) is 0. The van der Waals surface area contributed by atoms with E-state index in [1.165, 1.54) is 31.2 Å². The Balaban J connectivity index is 1.43.